The first kappa shape index (κ1) is 26.1. The highest BCUT2D eigenvalue weighted by atomic mass is 79.9. The summed E-state index contributed by atoms with van der Waals surface area (Å²) in [6, 6.07) is 19.3. The first-order valence-electron chi connectivity index (χ1n) is 12.5. The largest absolute Gasteiger partial charge is 1.00 e. The molecule has 192 valence electrons. The van der Waals surface area contributed by atoms with Gasteiger partial charge in [-0.25, -0.2) is 4.79 Å². The van der Waals surface area contributed by atoms with Crippen molar-refractivity contribution >= 4 is 50.2 Å². The van der Waals surface area contributed by atoms with Crippen molar-refractivity contribution in [3.8, 4) is 0 Å². The number of anilines is 1. The number of hydrogen-bond donors (Lipinski definition) is 1. The molecule has 0 amide bonds. The van der Waals surface area contributed by atoms with Crippen LogP contribution in [0.2, 0.25) is 0 Å². The van der Waals surface area contributed by atoms with E-state index in [2.05, 4.69) is 22.8 Å². The number of benzene rings is 2. The van der Waals surface area contributed by atoms with Gasteiger partial charge in [-0.15, -0.1) is 11.3 Å². The molecule has 37 heavy (non-hydrogen) atoms. The molecule has 0 radical (unpaired) electrons. The topological polar surface area (TPSA) is 55.4 Å². The molecule has 1 N–H and O–H groups in total. The fourth-order valence-electron chi connectivity index (χ4n) is 5.80. The van der Waals surface area contributed by atoms with Crippen molar-refractivity contribution in [3.63, 3.8) is 0 Å². The van der Waals surface area contributed by atoms with E-state index in [9.17, 15) is 9.59 Å². The lowest BCUT2D eigenvalue weighted by Crippen LogP contribution is -3.00. The molecule has 3 fully saturated rings. The Hall–Kier alpha value is -2.52. The number of carbonyl (C=O) groups is 2. The molecular formula is C29H29BrN2O3S2. The number of hydrogen-bond acceptors (Lipinski definition) is 6. The smallest absolute Gasteiger partial charge is 0.333 e. The molecule has 7 rings (SSSR count). The third-order valence-electron chi connectivity index (χ3n) is 7.77. The van der Waals surface area contributed by atoms with E-state index in [0.717, 1.165) is 57.3 Å². The van der Waals surface area contributed by atoms with Crippen LogP contribution in [0.15, 0.2) is 76.8 Å². The van der Waals surface area contributed by atoms with Crippen LogP contribution in [0.1, 0.15) is 34.8 Å². The number of para-hydroxylation sites is 1. The Morgan fingerprint density at radius 1 is 1.00 bits per heavy atom. The van der Waals surface area contributed by atoms with Gasteiger partial charge >= 0.3 is 5.97 Å². The minimum Gasteiger partial charge on any atom is -1.00 e. The van der Waals surface area contributed by atoms with Gasteiger partial charge in [0.05, 0.1) is 13.1 Å². The molecule has 0 saturated carbocycles. The Balaban J connectivity index is 0.00000280. The minimum atomic E-state index is -0.597. The Kier molecular flexibility index (Phi) is 7.81. The molecule has 2 atom stereocenters. The summed E-state index contributed by atoms with van der Waals surface area (Å²) in [5.74, 6) is 0.306. The lowest BCUT2D eigenvalue weighted by molar-refractivity contribution is -0.938. The van der Waals surface area contributed by atoms with Crippen LogP contribution in [0, 0.1) is 5.92 Å². The van der Waals surface area contributed by atoms with E-state index in [-0.39, 0.29) is 34.8 Å². The molecule has 5 heterocycles. The number of ketones is 1. The van der Waals surface area contributed by atoms with Crippen molar-refractivity contribution in [1.29, 1.82) is 0 Å². The molecule has 3 aliphatic rings. The maximum atomic E-state index is 13.8. The molecule has 2 aromatic carbocycles. The van der Waals surface area contributed by atoms with Gasteiger partial charge in [-0.1, -0.05) is 36.4 Å². The average molecular weight is 598 g/mol. The second-order valence-corrected chi connectivity index (χ2v) is 11.7. The molecule has 2 aromatic heterocycles. The van der Waals surface area contributed by atoms with E-state index < -0.39 is 6.04 Å². The van der Waals surface area contributed by atoms with Gasteiger partial charge in [0.15, 0.2) is 12.1 Å². The van der Waals surface area contributed by atoms with E-state index in [1.54, 1.807) is 22.7 Å². The van der Waals surface area contributed by atoms with Crippen LogP contribution in [0.3, 0.4) is 0 Å². The number of Topliss-reactive ketones (excluding diaryl/α,β-unsaturated/α-hetero) is 1. The van der Waals surface area contributed by atoms with Gasteiger partial charge in [0.2, 0.25) is 5.78 Å². The fraction of sp³-hybridized carbons (Fsp3) is 0.310. The van der Waals surface area contributed by atoms with E-state index >= 15 is 0 Å². The zero-order valence-electron chi connectivity index (χ0n) is 20.3. The maximum Gasteiger partial charge on any atom is 0.333 e. The number of esters is 1. The van der Waals surface area contributed by atoms with Crippen LogP contribution < -0.4 is 22.3 Å². The number of nitrogens with zero attached hydrogens (tertiary/aromatic N) is 1. The van der Waals surface area contributed by atoms with E-state index in [4.69, 9.17) is 4.74 Å². The molecule has 4 aromatic rings. The van der Waals surface area contributed by atoms with Gasteiger partial charge < -0.3 is 31.5 Å². The van der Waals surface area contributed by atoms with Crippen LogP contribution >= 0.6 is 22.7 Å². The highest BCUT2D eigenvalue weighted by Crippen LogP contribution is 2.38. The van der Waals surface area contributed by atoms with E-state index in [1.807, 2.05) is 59.3 Å². The Bertz CT molecular complexity index is 1360. The molecule has 0 aliphatic carbocycles. The first-order chi connectivity index (χ1) is 17.6. The van der Waals surface area contributed by atoms with Gasteiger partial charge in [-0.2, -0.15) is 11.3 Å². The van der Waals surface area contributed by atoms with Gasteiger partial charge in [-0.05, 0) is 40.4 Å². The first-order valence-corrected chi connectivity index (χ1v) is 14.3. The van der Waals surface area contributed by atoms with Crippen molar-refractivity contribution < 1.29 is 35.8 Å². The summed E-state index contributed by atoms with van der Waals surface area (Å²) in [6.07, 6.45) is 1.82. The fourth-order valence-corrected chi connectivity index (χ4v) is 7.45. The molecule has 5 nitrogen and oxygen atoms in total. The number of carbonyl (C=O) groups excluding carboxylic acids is 2. The number of halogens is 1. The lowest BCUT2D eigenvalue weighted by Gasteiger charge is -2.51. The number of ether oxygens (including phenoxy) is 1. The zero-order chi connectivity index (χ0) is 24.5. The molecular weight excluding hydrogens is 568 g/mol. The van der Waals surface area contributed by atoms with Crippen molar-refractivity contribution in [3.05, 3.63) is 87.9 Å². The summed E-state index contributed by atoms with van der Waals surface area (Å²) in [4.78, 5) is 26.7. The third-order valence-corrected chi connectivity index (χ3v) is 9.44. The summed E-state index contributed by atoms with van der Waals surface area (Å²) in [5.41, 5.74) is 2.63. The normalized spacial score (nSPS) is 23.2. The summed E-state index contributed by atoms with van der Waals surface area (Å²) in [7, 11) is 0. The second kappa shape index (κ2) is 11.1. The van der Waals surface area contributed by atoms with Crippen LogP contribution in [0.5, 0.6) is 0 Å². The molecule has 8 heteroatoms. The number of rotatable bonds is 8. The molecule has 3 aliphatic heterocycles. The van der Waals surface area contributed by atoms with Gasteiger partial charge in [0, 0.05) is 45.7 Å². The molecule has 0 spiro atoms. The summed E-state index contributed by atoms with van der Waals surface area (Å²) in [5, 5.41) is 10.5. The highest BCUT2D eigenvalue weighted by molar-refractivity contribution is 7.17. The van der Waals surface area contributed by atoms with Crippen LogP contribution in [0.4, 0.5) is 5.69 Å². The lowest BCUT2D eigenvalue weighted by atomic mass is 9.82. The second-order valence-electron chi connectivity index (χ2n) is 10.0. The van der Waals surface area contributed by atoms with Crippen molar-refractivity contribution in [1.82, 2.24) is 0 Å². The highest BCUT2D eigenvalue weighted by Gasteiger charge is 2.49. The number of quaternary nitrogens is 1. The number of fused-ring (bicyclic) bond motifs is 4. The standard InChI is InChI=1S/C29H29N2O3S2.BrH/c32-25(21-12-15-35-18-21)16-31-13-10-20(11-14-31)26(17-31)34-29(33)28(30-22-6-2-1-3-7-22)24-19-36-27-9-5-4-8-23(24)27;/h1-9,12,15,18-20,26,28,30H,10-11,13-14,16-17H2;1H/q+1;/p-1/t20?,26-,28?,31?;/m0./s1. The average Bonchev–Trinajstić information content (AvgIpc) is 3.59. The Morgan fingerprint density at radius 2 is 1.76 bits per heavy atom. The quantitative estimate of drug-likeness (QED) is 0.193. The number of piperidine rings is 3. The van der Waals surface area contributed by atoms with Crippen LogP contribution in [0.25, 0.3) is 10.1 Å². The summed E-state index contributed by atoms with van der Waals surface area (Å²) in [6.45, 7) is 3.16. The summed E-state index contributed by atoms with van der Waals surface area (Å²) < 4.78 is 8.18. The Labute approximate surface area is 235 Å². The van der Waals surface area contributed by atoms with Gasteiger partial charge in [-0.3, -0.25) is 4.79 Å². The third kappa shape index (κ3) is 5.39. The number of nitrogens with one attached hydrogen (secondary N) is 1. The predicted octanol–water partition coefficient (Wildman–Crippen LogP) is 3.16. The van der Waals surface area contributed by atoms with Crippen LogP contribution in [-0.2, 0) is 9.53 Å². The monoisotopic (exact) mass is 596 g/mol. The predicted molar refractivity (Wildman–Crippen MR) is 146 cm³/mol. The van der Waals surface area contributed by atoms with E-state index in [0.29, 0.717) is 19.0 Å². The van der Waals surface area contributed by atoms with Crippen LogP contribution in [-0.4, -0.2) is 48.5 Å². The van der Waals surface area contributed by atoms with Gasteiger partial charge in [0.25, 0.3) is 0 Å². The molecule has 3 saturated heterocycles. The summed E-state index contributed by atoms with van der Waals surface area (Å²) >= 11 is 3.20. The van der Waals surface area contributed by atoms with Crippen molar-refractivity contribution in [2.75, 3.05) is 31.5 Å². The zero-order valence-corrected chi connectivity index (χ0v) is 23.6. The van der Waals surface area contributed by atoms with Gasteiger partial charge in [0.1, 0.15) is 13.1 Å². The minimum absolute atomic E-state index is 0. The number of thiophene rings is 2. The maximum absolute atomic E-state index is 13.8. The van der Waals surface area contributed by atoms with Crippen molar-refractivity contribution in [2.24, 2.45) is 5.92 Å². The SMILES string of the molecule is O=C(C[N+]12CCC(CC1)[C@@H](OC(=O)C(Nc1ccccc1)c1csc3ccccc13)C2)c1ccsc1.[Br-]. The van der Waals surface area contributed by atoms with Crippen molar-refractivity contribution in [2.45, 2.75) is 25.0 Å². The molecule has 1 unspecified atom stereocenters. The Morgan fingerprint density at radius 3 is 2.51 bits per heavy atom. The molecule has 2 bridgehead atoms. The van der Waals surface area contributed by atoms with E-state index in [1.165, 1.54) is 0 Å².